The van der Waals surface area contributed by atoms with Crippen molar-refractivity contribution in [2.75, 3.05) is 17.3 Å². The lowest BCUT2D eigenvalue weighted by Crippen LogP contribution is -2.51. The number of benzene rings is 2. The van der Waals surface area contributed by atoms with Crippen LogP contribution in [0.2, 0.25) is 0 Å². The average molecular weight is 627 g/mol. The molecule has 0 spiro atoms. The number of amides is 1. The molecular weight excluding hydrogens is 592 g/mol. The molecule has 4 aromatic heterocycles. The lowest BCUT2D eigenvalue weighted by atomic mass is 9.89. The number of hydrogen-bond donors (Lipinski definition) is 2. The number of pyridine rings is 2. The van der Waals surface area contributed by atoms with Gasteiger partial charge in [-0.2, -0.15) is 9.61 Å². The highest BCUT2D eigenvalue weighted by Gasteiger charge is 2.33. The molecule has 2 N–H and O–H groups in total. The van der Waals surface area contributed by atoms with Gasteiger partial charge in [0.15, 0.2) is 5.65 Å². The minimum Gasteiger partial charge on any atom is -0.379 e. The second kappa shape index (κ2) is 13.3. The summed E-state index contributed by atoms with van der Waals surface area (Å²) >= 11 is 0. The molecule has 1 unspecified atom stereocenters. The maximum absolute atomic E-state index is 13.6. The van der Waals surface area contributed by atoms with E-state index in [0.29, 0.717) is 47.4 Å². The molecule has 236 valence electrons. The minimum atomic E-state index is -0.290. The van der Waals surface area contributed by atoms with Crippen LogP contribution in [0, 0.1) is 0 Å². The number of carbonyl (C=O) groups is 1. The number of aromatic nitrogens is 5. The van der Waals surface area contributed by atoms with Crippen LogP contribution in [0.15, 0.2) is 120 Å². The number of ether oxygens (including phenoxy) is 1. The summed E-state index contributed by atoms with van der Waals surface area (Å²) in [6.45, 7) is 1.12. The summed E-state index contributed by atoms with van der Waals surface area (Å²) < 4.78 is 8.67. The first-order valence-corrected chi connectivity index (χ1v) is 15.5. The summed E-state index contributed by atoms with van der Waals surface area (Å²) in [6.07, 6.45) is 6.58. The molecule has 2 aromatic carbocycles. The second-order valence-corrected chi connectivity index (χ2v) is 11.5. The molecule has 47 heavy (non-hydrogen) atoms. The number of carbonyl (C=O) groups excluding carboxylic acids is 1. The zero-order valence-corrected chi connectivity index (χ0v) is 25.9. The first-order valence-electron chi connectivity index (χ1n) is 15.5. The van der Waals surface area contributed by atoms with Gasteiger partial charge >= 0.3 is 0 Å². The van der Waals surface area contributed by atoms with Crippen molar-refractivity contribution < 1.29 is 9.53 Å². The number of fused-ring (bicyclic) bond motifs is 1. The molecule has 1 amide bonds. The minimum absolute atomic E-state index is 0.0203. The van der Waals surface area contributed by atoms with Gasteiger partial charge in [-0.25, -0.2) is 9.97 Å². The van der Waals surface area contributed by atoms with Gasteiger partial charge in [0.2, 0.25) is 0 Å². The number of anilines is 3. The van der Waals surface area contributed by atoms with Gasteiger partial charge in [0.25, 0.3) is 11.5 Å². The van der Waals surface area contributed by atoms with Crippen molar-refractivity contribution in [2.45, 2.75) is 38.1 Å². The highest BCUT2D eigenvalue weighted by molar-refractivity contribution is 6.00. The van der Waals surface area contributed by atoms with Crippen LogP contribution in [-0.4, -0.2) is 49.3 Å². The van der Waals surface area contributed by atoms with E-state index in [0.717, 1.165) is 24.0 Å². The lowest BCUT2D eigenvalue weighted by molar-refractivity contribution is 0.00732. The van der Waals surface area contributed by atoms with E-state index in [1.54, 1.807) is 54.5 Å². The smallest absolute Gasteiger partial charge is 0.279 e. The van der Waals surface area contributed by atoms with Gasteiger partial charge in [0.1, 0.15) is 28.7 Å². The van der Waals surface area contributed by atoms with E-state index in [1.165, 1.54) is 4.57 Å². The van der Waals surface area contributed by atoms with Crippen molar-refractivity contribution in [1.82, 2.24) is 29.5 Å². The fourth-order valence-electron chi connectivity index (χ4n) is 5.79. The van der Waals surface area contributed by atoms with E-state index >= 15 is 0 Å². The highest BCUT2D eigenvalue weighted by Crippen LogP contribution is 2.28. The molecule has 6 aromatic rings. The molecule has 11 heteroatoms. The Labute approximate surface area is 271 Å². The highest BCUT2D eigenvalue weighted by atomic mass is 16.5. The van der Waals surface area contributed by atoms with Crippen molar-refractivity contribution in [3.05, 3.63) is 143 Å². The van der Waals surface area contributed by atoms with Crippen LogP contribution in [0.5, 0.6) is 0 Å². The van der Waals surface area contributed by atoms with Crippen LogP contribution in [0.3, 0.4) is 0 Å². The van der Waals surface area contributed by atoms with Crippen molar-refractivity contribution >= 4 is 28.9 Å². The van der Waals surface area contributed by atoms with Crippen molar-refractivity contribution in [3.63, 3.8) is 0 Å². The van der Waals surface area contributed by atoms with Crippen LogP contribution < -0.4 is 21.1 Å². The Kier molecular flexibility index (Phi) is 8.44. The molecular formula is C36H34N8O3. The first kappa shape index (κ1) is 29.9. The van der Waals surface area contributed by atoms with Crippen molar-refractivity contribution in [3.8, 4) is 5.82 Å². The molecule has 0 radical (unpaired) electrons. The Bertz CT molecular complexity index is 2000. The molecule has 2 atom stereocenters. The molecule has 0 saturated heterocycles. The Morgan fingerprint density at radius 2 is 1.66 bits per heavy atom. The maximum Gasteiger partial charge on any atom is 0.279 e. The van der Waals surface area contributed by atoms with Gasteiger partial charge < -0.3 is 20.3 Å². The van der Waals surface area contributed by atoms with Gasteiger partial charge in [-0.05, 0) is 48.2 Å². The predicted molar refractivity (Wildman–Crippen MR) is 180 cm³/mol. The summed E-state index contributed by atoms with van der Waals surface area (Å²) in [7, 11) is 1.66. The Morgan fingerprint density at radius 1 is 0.936 bits per heavy atom. The third kappa shape index (κ3) is 6.34. The van der Waals surface area contributed by atoms with Crippen LogP contribution in [0.1, 0.15) is 34.3 Å². The molecule has 1 aliphatic rings. The molecule has 0 bridgehead atoms. The normalized spacial score (nSPS) is 15.6. The molecule has 7 rings (SSSR count). The van der Waals surface area contributed by atoms with E-state index in [9.17, 15) is 9.59 Å². The Hall–Kier alpha value is -5.81. The number of nitrogens with zero attached hydrogens (tertiary/aromatic N) is 6. The quantitative estimate of drug-likeness (QED) is 0.203. The van der Waals surface area contributed by atoms with E-state index in [-0.39, 0.29) is 23.6 Å². The molecule has 1 saturated carbocycles. The van der Waals surface area contributed by atoms with Crippen molar-refractivity contribution in [2.24, 2.45) is 0 Å². The van der Waals surface area contributed by atoms with E-state index in [4.69, 9.17) is 9.72 Å². The van der Waals surface area contributed by atoms with Crippen LogP contribution >= 0.6 is 0 Å². The standard InChI is InChI=1S/C36H34N8O3/c1-47-30-18-17-28(30)40-35(45)27-22-38-44-33(42(23-25-11-4-2-5-12-25)24-26-13-6-3-7-14-26)21-31(41-34(27)44)39-29-15-10-20-43(36(29)46)32-16-8-9-19-37-32/h2-16,19-22,28,30H,17-18,23-24H2,1H3,(H,39,41)(H,40,45)/t28?,30-/m1/s1. The molecule has 1 aliphatic carbocycles. The fourth-order valence-corrected chi connectivity index (χ4v) is 5.79. The summed E-state index contributed by atoms with van der Waals surface area (Å²) in [5.41, 5.74) is 2.91. The van der Waals surface area contributed by atoms with Crippen LogP contribution in [0.25, 0.3) is 11.5 Å². The Morgan fingerprint density at radius 3 is 2.30 bits per heavy atom. The van der Waals surface area contributed by atoms with Gasteiger partial charge in [0, 0.05) is 38.7 Å². The molecule has 1 fully saturated rings. The van der Waals surface area contributed by atoms with E-state index in [1.807, 2.05) is 48.5 Å². The number of nitrogens with one attached hydrogen (secondary N) is 2. The number of methoxy groups -OCH3 is 1. The van der Waals surface area contributed by atoms with E-state index < -0.39 is 0 Å². The molecule has 4 heterocycles. The summed E-state index contributed by atoms with van der Waals surface area (Å²) in [5.74, 6) is 1.31. The van der Waals surface area contributed by atoms with Crippen LogP contribution in [0.4, 0.5) is 17.3 Å². The topological polar surface area (TPSA) is 119 Å². The maximum atomic E-state index is 13.6. The summed E-state index contributed by atoms with van der Waals surface area (Å²) in [5, 5.41) is 11.0. The summed E-state index contributed by atoms with van der Waals surface area (Å²) in [6, 6.07) is 31.0. The number of rotatable bonds is 11. The van der Waals surface area contributed by atoms with Gasteiger partial charge in [-0.3, -0.25) is 14.2 Å². The lowest BCUT2D eigenvalue weighted by Gasteiger charge is -2.35. The monoisotopic (exact) mass is 626 g/mol. The third-order valence-corrected chi connectivity index (χ3v) is 8.39. The largest absolute Gasteiger partial charge is 0.379 e. The first-order chi connectivity index (χ1) is 23.1. The van der Waals surface area contributed by atoms with Gasteiger partial charge in [-0.1, -0.05) is 66.7 Å². The molecule has 0 aliphatic heterocycles. The SMILES string of the molecule is CO[C@@H]1CCC1NC(=O)c1cnn2c(N(Cc3ccccc3)Cc3ccccc3)cc(Nc3cccn(-c4ccccn4)c3=O)nc12. The predicted octanol–water partition coefficient (Wildman–Crippen LogP) is 5.13. The average Bonchev–Trinajstić information content (AvgIpc) is 3.53. The fraction of sp³-hybridized carbons (Fsp3) is 0.194. The number of hydrogen-bond acceptors (Lipinski definition) is 8. The zero-order chi connectivity index (χ0) is 32.2. The molecule has 11 nitrogen and oxygen atoms in total. The van der Waals surface area contributed by atoms with E-state index in [2.05, 4.69) is 49.9 Å². The van der Waals surface area contributed by atoms with Crippen LogP contribution in [-0.2, 0) is 17.8 Å². The van der Waals surface area contributed by atoms with Gasteiger partial charge in [-0.15, -0.1) is 0 Å². The van der Waals surface area contributed by atoms with Crippen molar-refractivity contribution in [1.29, 1.82) is 0 Å². The third-order valence-electron chi connectivity index (χ3n) is 8.39. The second-order valence-electron chi connectivity index (χ2n) is 11.5. The Balaban J connectivity index is 1.33. The zero-order valence-electron chi connectivity index (χ0n) is 25.9. The van der Waals surface area contributed by atoms with Gasteiger partial charge in [0.05, 0.1) is 18.3 Å². The summed E-state index contributed by atoms with van der Waals surface area (Å²) in [4.78, 5) is 38.6.